The molecule has 26 heavy (non-hydrogen) atoms. The van der Waals surface area contributed by atoms with E-state index in [0.29, 0.717) is 6.61 Å². The van der Waals surface area contributed by atoms with Crippen molar-refractivity contribution in [3.05, 3.63) is 48.0 Å². The first kappa shape index (κ1) is 16.5. The zero-order valence-electron chi connectivity index (χ0n) is 15.0. The first-order valence-corrected chi connectivity index (χ1v) is 8.98. The maximum Gasteiger partial charge on any atom is 0.326 e. The van der Waals surface area contributed by atoms with Gasteiger partial charge >= 0.3 is 5.97 Å². The molecule has 0 unspecified atom stereocenters. The van der Waals surface area contributed by atoms with Gasteiger partial charge in [0.15, 0.2) is 5.65 Å². The van der Waals surface area contributed by atoms with Gasteiger partial charge in [0.2, 0.25) is 0 Å². The molecule has 0 saturated heterocycles. The van der Waals surface area contributed by atoms with E-state index < -0.39 is 0 Å². The second kappa shape index (κ2) is 6.75. The molecule has 5 heteroatoms. The number of hydrogen-bond acceptors (Lipinski definition) is 4. The predicted molar refractivity (Wildman–Crippen MR) is 103 cm³/mol. The number of rotatable bonds is 5. The Morgan fingerprint density at radius 3 is 2.65 bits per heavy atom. The highest BCUT2D eigenvalue weighted by Gasteiger charge is 2.17. The van der Waals surface area contributed by atoms with Gasteiger partial charge in [-0.2, -0.15) is 0 Å². The minimum Gasteiger partial charge on any atom is -0.464 e. The van der Waals surface area contributed by atoms with Crippen LogP contribution < -0.4 is 0 Å². The van der Waals surface area contributed by atoms with Crippen molar-refractivity contribution >= 4 is 39.1 Å². The van der Waals surface area contributed by atoms with Crippen LogP contribution in [0.1, 0.15) is 25.3 Å². The van der Waals surface area contributed by atoms with Gasteiger partial charge in [0, 0.05) is 5.39 Å². The number of nitrogens with zero attached hydrogens (tertiary/aromatic N) is 3. The molecule has 0 aliphatic heterocycles. The molecule has 4 aromatic rings. The fraction of sp³-hybridized carbons (Fsp3) is 0.286. The van der Waals surface area contributed by atoms with Gasteiger partial charge in [-0.15, -0.1) is 0 Å². The van der Waals surface area contributed by atoms with Gasteiger partial charge in [0.05, 0.1) is 23.2 Å². The van der Waals surface area contributed by atoms with Crippen LogP contribution in [0.15, 0.2) is 42.5 Å². The summed E-state index contributed by atoms with van der Waals surface area (Å²) in [5.41, 5.74) is 5.32. The van der Waals surface area contributed by atoms with Crippen LogP contribution in [0.25, 0.3) is 33.1 Å². The van der Waals surface area contributed by atoms with Crippen LogP contribution >= 0.6 is 0 Å². The Balaban J connectivity index is 1.88. The summed E-state index contributed by atoms with van der Waals surface area (Å²) < 4.78 is 7.27. The zero-order valence-corrected chi connectivity index (χ0v) is 15.0. The van der Waals surface area contributed by atoms with Crippen molar-refractivity contribution in [2.24, 2.45) is 0 Å². The SMILES string of the molecule is CCCCOC(=O)Cn1c2ccc(C)cc2c2nc3ccccc3nc21. The molecule has 0 N–H and O–H groups in total. The molecule has 0 aliphatic rings. The average Bonchev–Trinajstić information content (AvgIpc) is 2.92. The molecule has 0 radical (unpaired) electrons. The summed E-state index contributed by atoms with van der Waals surface area (Å²) >= 11 is 0. The summed E-state index contributed by atoms with van der Waals surface area (Å²) in [5, 5.41) is 1.01. The van der Waals surface area contributed by atoms with Crippen LogP contribution in [0.2, 0.25) is 0 Å². The summed E-state index contributed by atoms with van der Waals surface area (Å²) in [6.07, 6.45) is 1.88. The predicted octanol–water partition coefficient (Wildman–Crippen LogP) is 4.39. The number of aryl methyl sites for hydroxylation is 1. The molecule has 0 saturated carbocycles. The second-order valence-corrected chi connectivity index (χ2v) is 6.57. The van der Waals surface area contributed by atoms with Crippen molar-refractivity contribution in [1.82, 2.24) is 14.5 Å². The fourth-order valence-corrected chi connectivity index (χ4v) is 3.21. The van der Waals surface area contributed by atoms with Crippen LogP contribution in [0, 0.1) is 6.92 Å². The Labute approximate surface area is 151 Å². The third kappa shape index (κ3) is 2.90. The summed E-state index contributed by atoms with van der Waals surface area (Å²) in [6, 6.07) is 14.0. The van der Waals surface area contributed by atoms with Crippen LogP contribution in [0.3, 0.4) is 0 Å². The highest BCUT2D eigenvalue weighted by Crippen LogP contribution is 2.29. The molecule has 5 nitrogen and oxygen atoms in total. The molecule has 0 aliphatic carbocycles. The van der Waals surface area contributed by atoms with E-state index >= 15 is 0 Å². The molecule has 0 spiro atoms. The molecule has 2 aromatic carbocycles. The second-order valence-electron chi connectivity index (χ2n) is 6.57. The normalized spacial score (nSPS) is 11.5. The van der Waals surface area contributed by atoms with E-state index in [9.17, 15) is 4.79 Å². The Bertz CT molecular complexity index is 1110. The van der Waals surface area contributed by atoms with Crippen LogP contribution in [0.5, 0.6) is 0 Å². The molecule has 0 amide bonds. The Hall–Kier alpha value is -2.95. The number of esters is 1. The van der Waals surface area contributed by atoms with Crippen LogP contribution in [-0.4, -0.2) is 27.1 Å². The maximum absolute atomic E-state index is 12.3. The lowest BCUT2D eigenvalue weighted by molar-refractivity contribution is -0.144. The first-order valence-electron chi connectivity index (χ1n) is 8.98. The number of aromatic nitrogens is 3. The lowest BCUT2D eigenvalue weighted by atomic mass is 10.1. The van der Waals surface area contributed by atoms with Crippen molar-refractivity contribution in [3.63, 3.8) is 0 Å². The van der Waals surface area contributed by atoms with E-state index in [2.05, 4.69) is 19.9 Å². The van der Waals surface area contributed by atoms with Crippen molar-refractivity contribution in [3.8, 4) is 0 Å². The van der Waals surface area contributed by atoms with Crippen molar-refractivity contribution in [2.45, 2.75) is 33.2 Å². The van der Waals surface area contributed by atoms with Gasteiger partial charge < -0.3 is 9.30 Å². The standard InChI is InChI=1S/C21H21N3O2/c1-3-4-11-26-19(25)13-24-18-10-9-14(2)12-15(18)20-21(24)23-17-8-6-5-7-16(17)22-20/h5-10,12H,3-4,11,13H2,1-2H3. The van der Waals surface area contributed by atoms with E-state index in [1.807, 2.05) is 41.0 Å². The molecule has 2 aromatic heterocycles. The van der Waals surface area contributed by atoms with Crippen molar-refractivity contribution in [2.75, 3.05) is 6.61 Å². The van der Waals surface area contributed by atoms with E-state index in [1.165, 1.54) is 0 Å². The Morgan fingerprint density at radius 2 is 1.88 bits per heavy atom. The Morgan fingerprint density at radius 1 is 1.12 bits per heavy atom. The molecular formula is C21H21N3O2. The highest BCUT2D eigenvalue weighted by atomic mass is 16.5. The fourth-order valence-electron chi connectivity index (χ4n) is 3.21. The van der Waals surface area contributed by atoms with Crippen LogP contribution in [-0.2, 0) is 16.1 Å². The third-order valence-electron chi connectivity index (χ3n) is 4.55. The van der Waals surface area contributed by atoms with Gasteiger partial charge in [-0.25, -0.2) is 9.97 Å². The lowest BCUT2D eigenvalue weighted by Crippen LogP contribution is -2.14. The largest absolute Gasteiger partial charge is 0.464 e. The molecular weight excluding hydrogens is 326 g/mol. The van der Waals surface area contributed by atoms with Crippen molar-refractivity contribution in [1.29, 1.82) is 0 Å². The van der Waals surface area contributed by atoms with E-state index in [-0.39, 0.29) is 12.5 Å². The minimum atomic E-state index is -0.243. The summed E-state index contributed by atoms with van der Waals surface area (Å²) in [7, 11) is 0. The third-order valence-corrected chi connectivity index (χ3v) is 4.55. The molecule has 4 rings (SSSR count). The maximum atomic E-state index is 12.3. The number of hydrogen-bond donors (Lipinski definition) is 0. The molecule has 0 bridgehead atoms. The number of unbranched alkanes of at least 4 members (excludes halogenated alkanes) is 1. The van der Waals surface area contributed by atoms with Gasteiger partial charge in [-0.1, -0.05) is 37.1 Å². The lowest BCUT2D eigenvalue weighted by Gasteiger charge is -2.07. The average molecular weight is 347 g/mol. The van der Waals surface area contributed by atoms with E-state index in [0.717, 1.165) is 51.5 Å². The first-order chi connectivity index (χ1) is 12.7. The molecule has 0 atom stereocenters. The van der Waals surface area contributed by atoms with Gasteiger partial charge in [0.1, 0.15) is 12.1 Å². The van der Waals surface area contributed by atoms with Crippen LogP contribution in [0.4, 0.5) is 0 Å². The highest BCUT2D eigenvalue weighted by molar-refractivity contribution is 6.07. The topological polar surface area (TPSA) is 57.0 Å². The summed E-state index contributed by atoms with van der Waals surface area (Å²) in [5.74, 6) is -0.243. The van der Waals surface area contributed by atoms with Gasteiger partial charge in [-0.05, 0) is 37.6 Å². The number of ether oxygens (including phenoxy) is 1. The van der Waals surface area contributed by atoms with E-state index in [4.69, 9.17) is 14.7 Å². The summed E-state index contributed by atoms with van der Waals surface area (Å²) in [4.78, 5) is 21.9. The zero-order chi connectivity index (χ0) is 18.1. The number of fused-ring (bicyclic) bond motifs is 4. The molecule has 0 fully saturated rings. The number of carbonyl (C=O) groups excluding carboxylic acids is 1. The molecule has 132 valence electrons. The van der Waals surface area contributed by atoms with Gasteiger partial charge in [-0.3, -0.25) is 4.79 Å². The van der Waals surface area contributed by atoms with E-state index in [1.54, 1.807) is 0 Å². The summed E-state index contributed by atoms with van der Waals surface area (Å²) in [6.45, 7) is 4.72. The number of para-hydroxylation sites is 2. The van der Waals surface area contributed by atoms with Crippen molar-refractivity contribution < 1.29 is 9.53 Å². The minimum absolute atomic E-state index is 0.139. The number of carbonyl (C=O) groups is 1. The number of benzene rings is 2. The van der Waals surface area contributed by atoms with Gasteiger partial charge in [0.25, 0.3) is 0 Å². The Kier molecular flexibility index (Phi) is 4.29. The quantitative estimate of drug-likeness (QED) is 0.397. The monoisotopic (exact) mass is 347 g/mol. The molecule has 2 heterocycles. The smallest absolute Gasteiger partial charge is 0.326 e.